The van der Waals surface area contributed by atoms with Crippen molar-refractivity contribution < 1.29 is 18.3 Å². The molecule has 1 aliphatic heterocycles. The number of hydrogen-bond donors (Lipinski definition) is 2. The number of alkyl halides is 3. The maximum atomic E-state index is 13.4. The summed E-state index contributed by atoms with van der Waals surface area (Å²) >= 11 is 0. The average molecular weight is 311 g/mol. The molecule has 7 heteroatoms. The van der Waals surface area contributed by atoms with E-state index >= 15 is 0 Å². The Bertz CT molecular complexity index is 615. The molecule has 1 fully saturated rings. The summed E-state index contributed by atoms with van der Waals surface area (Å²) in [6.07, 6.45) is -3.31. The number of nitrogens with one attached hydrogen (secondary N) is 1. The van der Waals surface area contributed by atoms with E-state index in [1.54, 1.807) is 4.90 Å². The Balaban J connectivity index is 1.86. The third kappa shape index (κ3) is 2.62. The van der Waals surface area contributed by atoms with Crippen LogP contribution in [-0.4, -0.2) is 45.1 Å². The van der Waals surface area contributed by atoms with Crippen molar-refractivity contribution in [2.75, 3.05) is 13.1 Å². The maximum absolute atomic E-state index is 13.4. The van der Waals surface area contributed by atoms with Crippen molar-refractivity contribution in [1.82, 2.24) is 15.1 Å². The van der Waals surface area contributed by atoms with E-state index in [9.17, 15) is 18.3 Å². The first-order valence-corrected chi connectivity index (χ1v) is 6.95. The molecule has 1 saturated heterocycles. The van der Waals surface area contributed by atoms with E-state index in [1.165, 1.54) is 12.3 Å². The molecule has 118 valence electrons. The molecule has 2 atom stereocenters. The van der Waals surface area contributed by atoms with Gasteiger partial charge in [-0.25, -0.2) is 0 Å². The van der Waals surface area contributed by atoms with Gasteiger partial charge in [0.25, 0.3) is 0 Å². The first-order chi connectivity index (χ1) is 10.4. The predicted octanol–water partition coefficient (Wildman–Crippen LogP) is 2.30. The Labute approximate surface area is 125 Å². The molecule has 22 heavy (non-hydrogen) atoms. The number of benzene rings is 1. The smallest absolute Gasteiger partial charge is 0.379 e. The summed E-state index contributed by atoms with van der Waals surface area (Å²) in [5.41, 5.74) is -1.55. The van der Waals surface area contributed by atoms with E-state index in [2.05, 4.69) is 10.2 Å². The Morgan fingerprint density at radius 1 is 1.27 bits per heavy atom. The molecular weight excluding hydrogens is 295 g/mol. The van der Waals surface area contributed by atoms with E-state index in [0.29, 0.717) is 12.2 Å². The summed E-state index contributed by atoms with van der Waals surface area (Å²) in [4.78, 5) is 1.62. The minimum atomic E-state index is -4.70. The number of aromatic amines is 1. The van der Waals surface area contributed by atoms with Gasteiger partial charge in [-0.2, -0.15) is 18.3 Å². The Morgan fingerprint density at radius 2 is 2.00 bits per heavy atom. The van der Waals surface area contributed by atoms with Crippen molar-refractivity contribution >= 4 is 0 Å². The van der Waals surface area contributed by atoms with Crippen molar-refractivity contribution in [2.24, 2.45) is 0 Å². The molecule has 0 unspecified atom stereocenters. The quantitative estimate of drug-likeness (QED) is 0.914. The number of aromatic nitrogens is 2. The molecule has 1 aromatic heterocycles. The van der Waals surface area contributed by atoms with Crippen molar-refractivity contribution in [3.8, 4) is 0 Å². The van der Waals surface area contributed by atoms with E-state index in [1.807, 2.05) is 30.3 Å². The van der Waals surface area contributed by atoms with Gasteiger partial charge in [-0.1, -0.05) is 30.3 Å². The van der Waals surface area contributed by atoms with Gasteiger partial charge >= 0.3 is 6.18 Å². The van der Waals surface area contributed by atoms with Gasteiger partial charge in [-0.3, -0.25) is 10.00 Å². The molecule has 0 saturated carbocycles. The highest BCUT2D eigenvalue weighted by atomic mass is 19.4. The number of likely N-dealkylation sites (tertiary alicyclic amines) is 1. The first-order valence-electron chi connectivity index (χ1n) is 6.95. The van der Waals surface area contributed by atoms with Gasteiger partial charge < -0.3 is 5.11 Å². The minimum absolute atomic E-state index is 0.118. The van der Waals surface area contributed by atoms with Gasteiger partial charge in [0.15, 0.2) is 5.60 Å². The molecule has 1 aromatic carbocycles. The normalized spacial score (nSPS) is 26.5. The number of hydrogen-bond acceptors (Lipinski definition) is 3. The summed E-state index contributed by atoms with van der Waals surface area (Å²) in [6.45, 7) is 0.0338. The zero-order valence-electron chi connectivity index (χ0n) is 11.7. The molecule has 2 N–H and O–H groups in total. The van der Waals surface area contributed by atoms with Crippen LogP contribution in [0.2, 0.25) is 0 Å². The lowest BCUT2D eigenvalue weighted by Crippen LogP contribution is -2.51. The lowest BCUT2D eigenvalue weighted by Gasteiger charge is -2.30. The highest BCUT2D eigenvalue weighted by Gasteiger charge is 2.63. The lowest BCUT2D eigenvalue weighted by molar-refractivity contribution is -0.259. The number of halogens is 3. The van der Waals surface area contributed by atoms with Crippen LogP contribution in [0.4, 0.5) is 13.2 Å². The predicted molar refractivity (Wildman–Crippen MR) is 74.1 cm³/mol. The second-order valence-electron chi connectivity index (χ2n) is 5.64. The van der Waals surface area contributed by atoms with E-state index in [0.717, 1.165) is 5.56 Å². The standard InChI is InChI=1S/C15H16F3N3O/c16-15(17,18)14(22)10-21(8-11-4-2-1-3-5-11)9-12(14)13-6-7-19-20-13/h1-7,12,22H,8-10H2,(H,19,20)/t12-,14-/m0/s1. The monoisotopic (exact) mass is 311 g/mol. The van der Waals surface area contributed by atoms with Gasteiger partial charge in [-0.05, 0) is 11.6 Å². The number of rotatable bonds is 3. The summed E-state index contributed by atoms with van der Waals surface area (Å²) in [5, 5.41) is 16.5. The van der Waals surface area contributed by atoms with Crippen LogP contribution >= 0.6 is 0 Å². The molecular formula is C15H16F3N3O. The molecule has 0 radical (unpaired) electrons. The Morgan fingerprint density at radius 3 is 2.59 bits per heavy atom. The largest absolute Gasteiger partial charge is 0.419 e. The van der Waals surface area contributed by atoms with Crippen LogP contribution in [0, 0.1) is 0 Å². The number of β-amino-alcohol motifs (C(OH)–C–C–N with tert-alkyl or cyclic N) is 1. The third-order valence-electron chi connectivity index (χ3n) is 4.12. The fourth-order valence-electron chi connectivity index (χ4n) is 2.99. The third-order valence-corrected chi connectivity index (χ3v) is 4.12. The minimum Gasteiger partial charge on any atom is -0.379 e. The molecule has 3 rings (SSSR count). The Hall–Kier alpha value is -1.86. The second-order valence-corrected chi connectivity index (χ2v) is 5.64. The fourth-order valence-corrected chi connectivity index (χ4v) is 2.99. The van der Waals surface area contributed by atoms with Crippen LogP contribution in [0.5, 0.6) is 0 Å². The number of H-pyrrole nitrogens is 1. The highest BCUT2D eigenvalue weighted by molar-refractivity contribution is 5.21. The zero-order valence-corrected chi connectivity index (χ0v) is 11.7. The summed E-state index contributed by atoms with van der Waals surface area (Å²) in [5.74, 6) is -1.07. The molecule has 4 nitrogen and oxygen atoms in total. The Kier molecular flexibility index (Phi) is 3.70. The van der Waals surface area contributed by atoms with Gasteiger partial charge in [0.2, 0.25) is 0 Å². The van der Waals surface area contributed by atoms with Crippen LogP contribution in [-0.2, 0) is 6.54 Å². The van der Waals surface area contributed by atoms with E-state index in [4.69, 9.17) is 0 Å². The maximum Gasteiger partial charge on any atom is 0.419 e. The van der Waals surface area contributed by atoms with Gasteiger partial charge in [0, 0.05) is 31.5 Å². The molecule has 2 heterocycles. The van der Waals surface area contributed by atoms with Crippen LogP contribution in [0.15, 0.2) is 42.6 Å². The molecule has 1 aliphatic rings. The van der Waals surface area contributed by atoms with Crippen molar-refractivity contribution in [1.29, 1.82) is 0 Å². The summed E-state index contributed by atoms with van der Waals surface area (Å²) in [7, 11) is 0. The molecule has 0 bridgehead atoms. The molecule has 0 aliphatic carbocycles. The van der Waals surface area contributed by atoms with E-state index in [-0.39, 0.29) is 6.54 Å². The van der Waals surface area contributed by atoms with E-state index < -0.39 is 24.2 Å². The fraction of sp³-hybridized carbons (Fsp3) is 0.400. The number of aliphatic hydroxyl groups is 1. The van der Waals surface area contributed by atoms with Gasteiger partial charge in [-0.15, -0.1) is 0 Å². The van der Waals surface area contributed by atoms with Gasteiger partial charge in [0.1, 0.15) is 0 Å². The first kappa shape index (κ1) is 15.1. The average Bonchev–Trinajstić information content (AvgIpc) is 3.07. The molecule has 2 aromatic rings. The summed E-state index contributed by atoms with van der Waals surface area (Å²) < 4.78 is 40.2. The van der Waals surface area contributed by atoms with Crippen LogP contribution in [0.1, 0.15) is 17.2 Å². The van der Waals surface area contributed by atoms with Crippen LogP contribution in [0.25, 0.3) is 0 Å². The topological polar surface area (TPSA) is 52.1 Å². The van der Waals surface area contributed by atoms with Crippen molar-refractivity contribution in [3.05, 3.63) is 53.9 Å². The number of nitrogens with zero attached hydrogens (tertiary/aromatic N) is 2. The lowest BCUT2D eigenvalue weighted by atomic mass is 9.87. The van der Waals surface area contributed by atoms with Crippen molar-refractivity contribution in [2.45, 2.75) is 24.2 Å². The summed E-state index contributed by atoms with van der Waals surface area (Å²) in [6, 6.07) is 10.7. The zero-order chi connectivity index (χ0) is 15.8. The van der Waals surface area contributed by atoms with Gasteiger partial charge in [0.05, 0.1) is 5.92 Å². The van der Waals surface area contributed by atoms with Crippen LogP contribution < -0.4 is 0 Å². The molecule has 0 spiro atoms. The highest BCUT2D eigenvalue weighted by Crippen LogP contribution is 2.46. The molecule has 0 amide bonds. The SMILES string of the molecule is O[C@@]1(C(F)(F)F)CN(Cc2ccccc2)C[C@H]1c1ccn[nH]1. The van der Waals surface area contributed by atoms with Crippen LogP contribution in [0.3, 0.4) is 0 Å². The van der Waals surface area contributed by atoms with Crippen molar-refractivity contribution in [3.63, 3.8) is 0 Å². The second kappa shape index (κ2) is 5.40.